The van der Waals surface area contributed by atoms with Gasteiger partial charge in [0.25, 0.3) is 0 Å². The zero-order valence-electron chi connectivity index (χ0n) is 18.2. The van der Waals surface area contributed by atoms with Crippen LogP contribution >= 0.6 is 0 Å². The number of nitrogens with zero attached hydrogens (tertiary/aromatic N) is 1. The quantitative estimate of drug-likeness (QED) is 0.298. The summed E-state index contributed by atoms with van der Waals surface area (Å²) >= 11 is 0. The van der Waals surface area contributed by atoms with E-state index in [4.69, 9.17) is 18.9 Å². The molecule has 0 saturated carbocycles. The number of para-hydroxylation sites is 2. The van der Waals surface area contributed by atoms with E-state index in [1.807, 2.05) is 60.7 Å². The van der Waals surface area contributed by atoms with Crippen LogP contribution in [-0.4, -0.2) is 38.5 Å². The molecule has 2 aliphatic rings. The molecule has 166 valence electrons. The van der Waals surface area contributed by atoms with Crippen LogP contribution in [0.4, 0.5) is 5.69 Å². The molecule has 4 aromatic rings. The zero-order valence-corrected chi connectivity index (χ0v) is 18.2. The van der Waals surface area contributed by atoms with Gasteiger partial charge in [0.05, 0.1) is 25.4 Å². The Morgan fingerprint density at radius 3 is 1.91 bits per heavy atom. The number of hydrogen-bond donors (Lipinski definition) is 0. The van der Waals surface area contributed by atoms with Crippen LogP contribution in [0.2, 0.25) is 0 Å². The Kier molecular flexibility index (Phi) is 5.34. The predicted molar refractivity (Wildman–Crippen MR) is 129 cm³/mol. The van der Waals surface area contributed by atoms with Crippen molar-refractivity contribution in [2.45, 2.75) is 12.2 Å². The first-order valence-electron chi connectivity index (χ1n) is 11.3. The molecule has 2 fully saturated rings. The molecule has 4 aromatic carbocycles. The molecule has 0 N–H and O–H groups in total. The summed E-state index contributed by atoms with van der Waals surface area (Å²) in [5.74, 6) is 2.92. The van der Waals surface area contributed by atoms with E-state index in [2.05, 4.69) is 35.2 Å². The third-order valence-electron chi connectivity index (χ3n) is 5.90. The summed E-state index contributed by atoms with van der Waals surface area (Å²) < 4.78 is 23.4. The highest BCUT2D eigenvalue weighted by atomic mass is 16.6. The molecular formula is C28H25NO4. The van der Waals surface area contributed by atoms with Crippen LogP contribution < -0.4 is 14.4 Å². The van der Waals surface area contributed by atoms with Crippen LogP contribution in [0, 0.1) is 0 Å². The minimum atomic E-state index is 0.331. The van der Waals surface area contributed by atoms with Crippen molar-refractivity contribution in [1.82, 2.24) is 0 Å². The van der Waals surface area contributed by atoms with E-state index in [0.717, 1.165) is 54.3 Å². The van der Waals surface area contributed by atoms with Gasteiger partial charge in [0, 0.05) is 24.2 Å². The van der Waals surface area contributed by atoms with Crippen LogP contribution in [0.1, 0.15) is 0 Å². The van der Waals surface area contributed by atoms with Gasteiger partial charge in [-0.05, 0) is 47.9 Å². The van der Waals surface area contributed by atoms with Gasteiger partial charge in [-0.1, -0.05) is 48.5 Å². The topological polar surface area (TPSA) is 46.8 Å². The third kappa shape index (κ3) is 4.80. The van der Waals surface area contributed by atoms with E-state index in [0.29, 0.717) is 23.7 Å². The number of rotatable bonds is 9. The third-order valence-corrected chi connectivity index (χ3v) is 5.90. The van der Waals surface area contributed by atoms with E-state index in [-0.39, 0.29) is 0 Å². The lowest BCUT2D eigenvalue weighted by atomic mass is 10.1. The summed E-state index contributed by atoms with van der Waals surface area (Å²) in [6.45, 7) is 3.47. The summed E-state index contributed by atoms with van der Waals surface area (Å²) in [6, 6.07) is 30.2. The molecular weight excluding hydrogens is 414 g/mol. The first kappa shape index (κ1) is 20.1. The molecule has 0 aromatic heterocycles. The molecule has 0 spiro atoms. The lowest BCUT2D eigenvalue weighted by molar-refractivity contribution is 0.389. The SMILES string of the molecule is c1ccc(Oc2cccc3ccccc23)c(Oc2ccc(N(CC3CO3)CC3CO3)cc2)c1. The summed E-state index contributed by atoms with van der Waals surface area (Å²) in [7, 11) is 0. The smallest absolute Gasteiger partial charge is 0.169 e. The monoisotopic (exact) mass is 439 g/mol. The fraction of sp³-hybridized carbons (Fsp3) is 0.214. The second-order valence-electron chi connectivity index (χ2n) is 8.44. The number of anilines is 1. The Balaban J connectivity index is 1.21. The minimum Gasteiger partial charge on any atom is -0.453 e. The number of epoxide rings is 2. The van der Waals surface area contributed by atoms with Crippen molar-refractivity contribution in [1.29, 1.82) is 0 Å². The second kappa shape index (κ2) is 8.77. The fourth-order valence-corrected chi connectivity index (χ4v) is 4.00. The molecule has 2 unspecified atom stereocenters. The molecule has 33 heavy (non-hydrogen) atoms. The van der Waals surface area contributed by atoms with Crippen LogP contribution in [0.5, 0.6) is 23.0 Å². The molecule has 2 heterocycles. The lowest BCUT2D eigenvalue weighted by Crippen LogP contribution is -2.31. The highest BCUT2D eigenvalue weighted by Crippen LogP contribution is 2.37. The van der Waals surface area contributed by atoms with E-state index < -0.39 is 0 Å². The van der Waals surface area contributed by atoms with Gasteiger partial charge in [-0.3, -0.25) is 0 Å². The van der Waals surface area contributed by atoms with Gasteiger partial charge >= 0.3 is 0 Å². The van der Waals surface area contributed by atoms with Crippen LogP contribution in [0.25, 0.3) is 10.8 Å². The van der Waals surface area contributed by atoms with Crippen molar-refractivity contribution in [3.8, 4) is 23.0 Å². The zero-order chi connectivity index (χ0) is 22.0. The number of ether oxygens (including phenoxy) is 4. The number of benzene rings is 4. The summed E-state index contributed by atoms with van der Waals surface area (Å²) in [5.41, 5.74) is 1.15. The van der Waals surface area contributed by atoms with Gasteiger partial charge in [-0.15, -0.1) is 0 Å². The molecule has 0 aliphatic carbocycles. The average Bonchev–Trinajstić information content (AvgIpc) is 3.78. The molecule has 2 aliphatic heterocycles. The molecule has 0 radical (unpaired) electrons. The van der Waals surface area contributed by atoms with Crippen LogP contribution in [0.15, 0.2) is 91.0 Å². The standard InChI is InChI=1S/C28H25NO4/c1-2-8-25-20(6-1)7-5-11-26(25)33-28-10-4-3-9-27(28)32-22-14-12-21(13-15-22)29(16-23-18-30-23)17-24-19-31-24/h1-15,23-24H,16-19H2. The number of hydrogen-bond acceptors (Lipinski definition) is 5. The molecule has 5 nitrogen and oxygen atoms in total. The van der Waals surface area contributed by atoms with Gasteiger partial charge in [0.1, 0.15) is 11.5 Å². The van der Waals surface area contributed by atoms with Crippen molar-refractivity contribution in [3.05, 3.63) is 91.0 Å². The van der Waals surface area contributed by atoms with E-state index in [1.54, 1.807) is 0 Å². The first-order chi connectivity index (χ1) is 16.3. The largest absolute Gasteiger partial charge is 0.453 e. The molecule has 0 bridgehead atoms. The van der Waals surface area contributed by atoms with Gasteiger partial charge in [-0.25, -0.2) is 0 Å². The van der Waals surface area contributed by atoms with Gasteiger partial charge < -0.3 is 23.8 Å². The maximum Gasteiger partial charge on any atom is 0.169 e. The Morgan fingerprint density at radius 2 is 1.21 bits per heavy atom. The summed E-state index contributed by atoms with van der Waals surface area (Å²) in [4.78, 5) is 2.33. The Hall–Kier alpha value is -3.54. The summed E-state index contributed by atoms with van der Waals surface area (Å²) in [5, 5.41) is 2.21. The Bertz CT molecular complexity index is 1230. The average molecular weight is 440 g/mol. The van der Waals surface area contributed by atoms with Gasteiger partial charge in [0.15, 0.2) is 11.5 Å². The van der Waals surface area contributed by atoms with Crippen molar-refractivity contribution >= 4 is 16.5 Å². The van der Waals surface area contributed by atoms with Crippen molar-refractivity contribution in [3.63, 3.8) is 0 Å². The predicted octanol–water partition coefficient (Wildman–Crippen LogP) is 6.03. The van der Waals surface area contributed by atoms with E-state index in [9.17, 15) is 0 Å². The maximum absolute atomic E-state index is 6.30. The molecule has 5 heteroatoms. The van der Waals surface area contributed by atoms with Crippen molar-refractivity contribution in [2.75, 3.05) is 31.2 Å². The first-order valence-corrected chi connectivity index (χ1v) is 11.3. The number of fused-ring (bicyclic) bond motifs is 1. The molecule has 0 amide bonds. The van der Waals surface area contributed by atoms with E-state index in [1.165, 1.54) is 0 Å². The van der Waals surface area contributed by atoms with Crippen LogP contribution in [-0.2, 0) is 9.47 Å². The van der Waals surface area contributed by atoms with Crippen molar-refractivity contribution < 1.29 is 18.9 Å². The fourth-order valence-electron chi connectivity index (χ4n) is 4.00. The van der Waals surface area contributed by atoms with Crippen LogP contribution in [0.3, 0.4) is 0 Å². The van der Waals surface area contributed by atoms with E-state index >= 15 is 0 Å². The molecule has 6 rings (SSSR count). The molecule has 2 saturated heterocycles. The molecule has 2 atom stereocenters. The van der Waals surface area contributed by atoms with Gasteiger partial charge in [-0.2, -0.15) is 0 Å². The normalized spacial score (nSPS) is 18.7. The lowest BCUT2D eigenvalue weighted by Gasteiger charge is -2.23. The van der Waals surface area contributed by atoms with Crippen molar-refractivity contribution in [2.24, 2.45) is 0 Å². The second-order valence-corrected chi connectivity index (χ2v) is 8.44. The van der Waals surface area contributed by atoms with Gasteiger partial charge in [0.2, 0.25) is 0 Å². The maximum atomic E-state index is 6.30. The Labute approximate surface area is 193 Å². The summed E-state index contributed by atoms with van der Waals surface area (Å²) in [6.07, 6.45) is 0.663. The Morgan fingerprint density at radius 1 is 0.636 bits per heavy atom. The minimum absolute atomic E-state index is 0.331. The highest BCUT2D eigenvalue weighted by Gasteiger charge is 2.30. The highest BCUT2D eigenvalue weighted by molar-refractivity contribution is 5.88.